The van der Waals surface area contributed by atoms with Gasteiger partial charge in [-0.3, -0.25) is 9.78 Å². The van der Waals surface area contributed by atoms with E-state index in [4.69, 9.17) is 4.74 Å². The molecule has 4 rings (SSSR count). The second kappa shape index (κ2) is 7.15. The van der Waals surface area contributed by atoms with Gasteiger partial charge < -0.3 is 10.1 Å². The Labute approximate surface area is 154 Å². The number of fused-ring (bicyclic) bond motifs is 1. The van der Waals surface area contributed by atoms with Gasteiger partial charge in [0.25, 0.3) is 5.91 Å². The van der Waals surface area contributed by atoms with Crippen LogP contribution in [0.5, 0.6) is 5.75 Å². The molecule has 2 aromatic carbocycles. The Morgan fingerprint density at radius 3 is 2.78 bits per heavy atom. The predicted octanol–water partition coefficient (Wildman–Crippen LogP) is 3.76. The lowest BCUT2D eigenvalue weighted by molar-refractivity contribution is 0.0928. The lowest BCUT2D eigenvalue weighted by atomic mass is 10.0. The number of pyridine rings is 1. The van der Waals surface area contributed by atoms with Crippen molar-refractivity contribution in [3.05, 3.63) is 83.6 Å². The van der Waals surface area contributed by atoms with Crippen LogP contribution in [0.4, 0.5) is 8.78 Å². The predicted molar refractivity (Wildman–Crippen MR) is 96.5 cm³/mol. The molecule has 0 saturated heterocycles. The summed E-state index contributed by atoms with van der Waals surface area (Å²) in [5.41, 5.74) is 2.40. The van der Waals surface area contributed by atoms with Crippen LogP contribution in [0.15, 0.2) is 60.8 Å². The summed E-state index contributed by atoms with van der Waals surface area (Å²) in [7, 11) is 0. The van der Waals surface area contributed by atoms with E-state index in [-0.39, 0.29) is 18.2 Å². The fourth-order valence-electron chi connectivity index (χ4n) is 3.16. The van der Waals surface area contributed by atoms with Gasteiger partial charge in [0.2, 0.25) is 0 Å². The maximum atomic E-state index is 13.7. The van der Waals surface area contributed by atoms with Gasteiger partial charge in [0.05, 0.1) is 17.8 Å². The van der Waals surface area contributed by atoms with Crippen LogP contribution in [0.1, 0.15) is 15.9 Å². The molecule has 1 atom stereocenters. The number of amides is 1. The van der Waals surface area contributed by atoms with E-state index in [2.05, 4.69) is 10.3 Å². The third kappa shape index (κ3) is 3.38. The SMILES string of the molecule is O=C(NC[C@H]1Cc2cccc(-c3ccccn3)c2O1)c1cccc(F)c1F. The topological polar surface area (TPSA) is 51.2 Å². The molecule has 0 aliphatic carbocycles. The van der Waals surface area contributed by atoms with Crippen molar-refractivity contribution in [3.8, 4) is 17.0 Å². The van der Waals surface area contributed by atoms with E-state index in [0.717, 1.165) is 28.6 Å². The molecular weight excluding hydrogens is 350 g/mol. The number of carbonyl (C=O) groups excluding carboxylic acids is 1. The van der Waals surface area contributed by atoms with Gasteiger partial charge in [0, 0.05) is 18.2 Å². The van der Waals surface area contributed by atoms with Crippen molar-refractivity contribution in [3.63, 3.8) is 0 Å². The van der Waals surface area contributed by atoms with E-state index >= 15 is 0 Å². The smallest absolute Gasteiger partial charge is 0.254 e. The molecule has 0 bridgehead atoms. The first kappa shape index (κ1) is 17.1. The van der Waals surface area contributed by atoms with Gasteiger partial charge in [-0.2, -0.15) is 0 Å². The van der Waals surface area contributed by atoms with Crippen molar-refractivity contribution in [2.45, 2.75) is 12.5 Å². The quantitative estimate of drug-likeness (QED) is 0.765. The Morgan fingerprint density at radius 2 is 1.96 bits per heavy atom. The Balaban J connectivity index is 1.47. The first-order valence-electron chi connectivity index (χ1n) is 8.55. The van der Waals surface area contributed by atoms with Crippen LogP contribution < -0.4 is 10.1 Å². The summed E-state index contributed by atoms with van der Waals surface area (Å²) < 4.78 is 33.0. The molecule has 0 unspecified atom stereocenters. The summed E-state index contributed by atoms with van der Waals surface area (Å²) in [5.74, 6) is -2.13. The summed E-state index contributed by atoms with van der Waals surface area (Å²) in [6.07, 6.45) is 2.04. The summed E-state index contributed by atoms with van der Waals surface area (Å²) in [4.78, 5) is 16.5. The highest BCUT2D eigenvalue weighted by molar-refractivity contribution is 5.94. The van der Waals surface area contributed by atoms with Gasteiger partial charge in [-0.25, -0.2) is 8.78 Å². The fraction of sp³-hybridized carbons (Fsp3) is 0.143. The van der Waals surface area contributed by atoms with Crippen molar-refractivity contribution >= 4 is 5.91 Å². The molecule has 0 fully saturated rings. The molecule has 0 saturated carbocycles. The summed E-state index contributed by atoms with van der Waals surface area (Å²) >= 11 is 0. The Bertz CT molecular complexity index is 993. The Hall–Kier alpha value is -3.28. The number of hydrogen-bond donors (Lipinski definition) is 1. The molecular formula is C21H16F2N2O2. The molecule has 1 aromatic heterocycles. The van der Waals surface area contributed by atoms with Crippen LogP contribution >= 0.6 is 0 Å². The van der Waals surface area contributed by atoms with Gasteiger partial charge in [-0.05, 0) is 35.9 Å². The van der Waals surface area contributed by atoms with Gasteiger partial charge in [0.15, 0.2) is 11.6 Å². The molecule has 1 aliphatic heterocycles. The number of carbonyl (C=O) groups is 1. The number of nitrogens with one attached hydrogen (secondary N) is 1. The molecule has 0 spiro atoms. The van der Waals surface area contributed by atoms with Crippen molar-refractivity contribution in [1.82, 2.24) is 10.3 Å². The van der Waals surface area contributed by atoms with E-state index in [1.165, 1.54) is 12.1 Å². The molecule has 1 aliphatic rings. The fourth-order valence-corrected chi connectivity index (χ4v) is 3.16. The summed E-state index contributed by atoms with van der Waals surface area (Å²) in [6.45, 7) is 0.186. The van der Waals surface area contributed by atoms with Crippen LogP contribution in [0.25, 0.3) is 11.3 Å². The maximum absolute atomic E-state index is 13.7. The normalized spacial score (nSPS) is 15.1. The molecule has 0 radical (unpaired) electrons. The van der Waals surface area contributed by atoms with E-state index in [1.54, 1.807) is 6.20 Å². The lowest BCUT2D eigenvalue weighted by Crippen LogP contribution is -2.35. The third-order valence-corrected chi connectivity index (χ3v) is 4.46. The van der Waals surface area contributed by atoms with Gasteiger partial charge in [-0.1, -0.05) is 24.3 Å². The third-order valence-electron chi connectivity index (χ3n) is 4.46. The highest BCUT2D eigenvalue weighted by atomic mass is 19.2. The number of benzene rings is 2. The lowest BCUT2D eigenvalue weighted by Gasteiger charge is -2.13. The minimum Gasteiger partial charge on any atom is -0.487 e. The minimum atomic E-state index is -1.15. The molecule has 4 nitrogen and oxygen atoms in total. The molecule has 27 heavy (non-hydrogen) atoms. The summed E-state index contributed by atoms with van der Waals surface area (Å²) in [6, 6.07) is 15.0. The van der Waals surface area contributed by atoms with E-state index in [9.17, 15) is 13.6 Å². The Morgan fingerprint density at radius 1 is 1.11 bits per heavy atom. The van der Waals surface area contributed by atoms with Crippen molar-refractivity contribution < 1.29 is 18.3 Å². The second-order valence-electron chi connectivity index (χ2n) is 6.26. The Kier molecular flexibility index (Phi) is 4.54. The average molecular weight is 366 g/mol. The monoisotopic (exact) mass is 366 g/mol. The highest BCUT2D eigenvalue weighted by Crippen LogP contribution is 2.37. The van der Waals surface area contributed by atoms with Crippen molar-refractivity contribution in [2.24, 2.45) is 0 Å². The van der Waals surface area contributed by atoms with Gasteiger partial charge in [-0.15, -0.1) is 0 Å². The van der Waals surface area contributed by atoms with E-state index in [0.29, 0.717) is 6.42 Å². The second-order valence-corrected chi connectivity index (χ2v) is 6.26. The number of ether oxygens (including phenoxy) is 1. The zero-order valence-electron chi connectivity index (χ0n) is 14.3. The number of rotatable bonds is 4. The largest absolute Gasteiger partial charge is 0.487 e. The van der Waals surface area contributed by atoms with Crippen molar-refractivity contribution in [2.75, 3.05) is 6.54 Å². The van der Waals surface area contributed by atoms with Gasteiger partial charge >= 0.3 is 0 Å². The number of nitrogens with zero attached hydrogens (tertiary/aromatic N) is 1. The van der Waals surface area contributed by atoms with Crippen LogP contribution in [0, 0.1) is 11.6 Å². The number of hydrogen-bond acceptors (Lipinski definition) is 3. The molecule has 6 heteroatoms. The summed E-state index contributed by atoms with van der Waals surface area (Å²) in [5, 5.41) is 2.62. The van der Waals surface area contributed by atoms with Crippen molar-refractivity contribution in [1.29, 1.82) is 0 Å². The van der Waals surface area contributed by atoms with E-state index in [1.807, 2.05) is 36.4 Å². The zero-order valence-corrected chi connectivity index (χ0v) is 14.3. The molecule has 2 heterocycles. The van der Waals surface area contributed by atoms with Gasteiger partial charge in [0.1, 0.15) is 11.9 Å². The minimum absolute atomic E-state index is 0.186. The number of para-hydroxylation sites is 1. The van der Waals surface area contributed by atoms with Crippen LogP contribution in [-0.2, 0) is 6.42 Å². The maximum Gasteiger partial charge on any atom is 0.254 e. The first-order chi connectivity index (χ1) is 13.1. The molecule has 136 valence electrons. The first-order valence-corrected chi connectivity index (χ1v) is 8.55. The molecule has 1 amide bonds. The van der Waals surface area contributed by atoms with Crippen LogP contribution in [0.3, 0.4) is 0 Å². The zero-order chi connectivity index (χ0) is 18.8. The number of aromatic nitrogens is 1. The standard InChI is InChI=1S/C21H16F2N2O2/c22-17-8-4-7-16(19(17)23)21(26)25-12-14-11-13-5-3-6-15(20(13)27-14)18-9-1-2-10-24-18/h1-10,14H,11-12H2,(H,25,26)/t14-/m1/s1. The molecule has 1 N–H and O–H groups in total. The molecule has 3 aromatic rings. The average Bonchev–Trinajstić information content (AvgIpc) is 3.12. The van der Waals surface area contributed by atoms with Crippen LogP contribution in [0.2, 0.25) is 0 Å². The van der Waals surface area contributed by atoms with E-state index < -0.39 is 17.5 Å². The van der Waals surface area contributed by atoms with Crippen LogP contribution in [-0.4, -0.2) is 23.5 Å². The highest BCUT2D eigenvalue weighted by Gasteiger charge is 2.27. The number of halogens is 2.